The van der Waals surface area contributed by atoms with Crippen LogP contribution in [0.3, 0.4) is 0 Å². The summed E-state index contributed by atoms with van der Waals surface area (Å²) in [6.07, 6.45) is 3.77. The fourth-order valence-corrected chi connectivity index (χ4v) is 2.42. The summed E-state index contributed by atoms with van der Waals surface area (Å²) in [5.41, 5.74) is 2.68. The maximum absolute atomic E-state index is 11.5. The van der Waals surface area contributed by atoms with Gasteiger partial charge in [-0.25, -0.2) is 9.97 Å². The molecule has 0 aliphatic carbocycles. The molecule has 2 aromatic rings. The SMILES string of the molecule is CSc1cc(C(Cc2ccccc2C)C(=O)O)ncn1. The third kappa shape index (κ3) is 3.36. The lowest BCUT2D eigenvalue weighted by Crippen LogP contribution is -2.16. The van der Waals surface area contributed by atoms with Crippen molar-refractivity contribution in [3.8, 4) is 0 Å². The first-order valence-corrected chi connectivity index (χ1v) is 7.47. The van der Waals surface area contributed by atoms with Crippen LogP contribution in [0.15, 0.2) is 41.7 Å². The average molecular weight is 288 g/mol. The monoisotopic (exact) mass is 288 g/mol. The predicted octanol–water partition coefficient (Wildman–Crippen LogP) is 2.92. The molecule has 0 bridgehead atoms. The van der Waals surface area contributed by atoms with Gasteiger partial charge in [0.15, 0.2) is 0 Å². The Morgan fingerprint density at radius 3 is 2.75 bits per heavy atom. The van der Waals surface area contributed by atoms with E-state index in [1.165, 1.54) is 18.1 Å². The van der Waals surface area contributed by atoms with Crippen molar-refractivity contribution in [1.82, 2.24) is 9.97 Å². The summed E-state index contributed by atoms with van der Waals surface area (Å²) in [4.78, 5) is 19.8. The van der Waals surface area contributed by atoms with Gasteiger partial charge in [0.25, 0.3) is 0 Å². The second kappa shape index (κ2) is 6.52. The van der Waals surface area contributed by atoms with Crippen LogP contribution in [-0.2, 0) is 11.2 Å². The van der Waals surface area contributed by atoms with Crippen LogP contribution >= 0.6 is 11.8 Å². The van der Waals surface area contributed by atoms with Crippen molar-refractivity contribution in [3.63, 3.8) is 0 Å². The zero-order valence-electron chi connectivity index (χ0n) is 11.4. The first-order chi connectivity index (χ1) is 9.61. The summed E-state index contributed by atoms with van der Waals surface area (Å²) in [5, 5.41) is 10.3. The van der Waals surface area contributed by atoms with Gasteiger partial charge in [-0.05, 0) is 36.8 Å². The van der Waals surface area contributed by atoms with Gasteiger partial charge in [-0.2, -0.15) is 0 Å². The van der Waals surface area contributed by atoms with Gasteiger partial charge in [0, 0.05) is 0 Å². The molecule has 0 saturated heterocycles. The number of aliphatic carboxylic acids is 1. The van der Waals surface area contributed by atoms with Gasteiger partial charge in [-0.1, -0.05) is 24.3 Å². The van der Waals surface area contributed by atoms with Gasteiger partial charge < -0.3 is 5.11 Å². The second-order valence-corrected chi connectivity index (χ2v) is 5.33. The Bertz CT molecular complexity index is 616. The van der Waals surface area contributed by atoms with E-state index in [1.807, 2.05) is 37.4 Å². The second-order valence-electron chi connectivity index (χ2n) is 4.51. The average Bonchev–Trinajstić information content (AvgIpc) is 2.46. The molecule has 4 nitrogen and oxygen atoms in total. The molecule has 2 rings (SSSR count). The number of carbonyl (C=O) groups is 1. The van der Waals surface area contributed by atoms with Crippen molar-refractivity contribution in [3.05, 3.63) is 53.5 Å². The van der Waals surface area contributed by atoms with Crippen molar-refractivity contribution in [2.24, 2.45) is 0 Å². The molecule has 0 aliphatic heterocycles. The van der Waals surface area contributed by atoms with E-state index in [0.717, 1.165) is 16.2 Å². The van der Waals surface area contributed by atoms with E-state index in [2.05, 4.69) is 9.97 Å². The number of rotatable bonds is 5. The highest BCUT2D eigenvalue weighted by Gasteiger charge is 2.23. The van der Waals surface area contributed by atoms with Crippen LogP contribution in [0.1, 0.15) is 22.7 Å². The van der Waals surface area contributed by atoms with Crippen molar-refractivity contribution in [2.45, 2.75) is 24.3 Å². The summed E-state index contributed by atoms with van der Waals surface area (Å²) >= 11 is 1.48. The first kappa shape index (κ1) is 14.5. The molecule has 1 aromatic carbocycles. The molecule has 0 saturated carbocycles. The smallest absolute Gasteiger partial charge is 0.312 e. The standard InChI is InChI=1S/C15H16N2O2S/c1-10-5-3-4-6-11(10)7-12(15(18)19)13-8-14(20-2)17-9-16-13/h3-6,8-9,12H,7H2,1-2H3,(H,18,19). The molecule has 1 heterocycles. The highest BCUT2D eigenvalue weighted by Crippen LogP contribution is 2.23. The summed E-state index contributed by atoms with van der Waals surface area (Å²) in [7, 11) is 0. The number of hydrogen-bond acceptors (Lipinski definition) is 4. The number of carboxylic acid groups (broad SMARTS) is 1. The largest absolute Gasteiger partial charge is 0.481 e. The quantitative estimate of drug-likeness (QED) is 0.677. The van der Waals surface area contributed by atoms with E-state index in [1.54, 1.807) is 6.07 Å². The minimum absolute atomic E-state index is 0.437. The summed E-state index contributed by atoms with van der Waals surface area (Å²) in [6.45, 7) is 1.99. The highest BCUT2D eigenvalue weighted by atomic mass is 32.2. The van der Waals surface area contributed by atoms with Crippen LogP contribution < -0.4 is 0 Å². The highest BCUT2D eigenvalue weighted by molar-refractivity contribution is 7.98. The van der Waals surface area contributed by atoms with E-state index in [9.17, 15) is 9.90 Å². The topological polar surface area (TPSA) is 63.1 Å². The van der Waals surface area contributed by atoms with E-state index >= 15 is 0 Å². The Kier molecular flexibility index (Phi) is 4.74. The van der Waals surface area contributed by atoms with E-state index in [-0.39, 0.29) is 0 Å². The lowest BCUT2D eigenvalue weighted by Gasteiger charge is -2.14. The summed E-state index contributed by atoms with van der Waals surface area (Å²) in [6, 6.07) is 9.57. The number of nitrogens with zero attached hydrogens (tertiary/aromatic N) is 2. The van der Waals surface area contributed by atoms with Crippen LogP contribution in [0.4, 0.5) is 0 Å². The zero-order valence-corrected chi connectivity index (χ0v) is 12.2. The molecule has 1 N–H and O–H groups in total. The Morgan fingerprint density at radius 2 is 2.10 bits per heavy atom. The van der Waals surface area contributed by atoms with Gasteiger partial charge in [-0.3, -0.25) is 4.79 Å². The fraction of sp³-hybridized carbons (Fsp3) is 0.267. The minimum Gasteiger partial charge on any atom is -0.481 e. The van der Waals surface area contributed by atoms with Gasteiger partial charge in [-0.15, -0.1) is 11.8 Å². The Morgan fingerprint density at radius 1 is 1.35 bits per heavy atom. The maximum atomic E-state index is 11.5. The number of thioether (sulfide) groups is 1. The summed E-state index contributed by atoms with van der Waals surface area (Å²) < 4.78 is 0. The molecule has 1 unspecified atom stereocenters. The molecule has 1 atom stereocenters. The molecule has 0 aliphatic rings. The number of aryl methyl sites for hydroxylation is 1. The molecule has 0 spiro atoms. The molecular formula is C15H16N2O2S. The van der Waals surface area contributed by atoms with E-state index < -0.39 is 11.9 Å². The van der Waals surface area contributed by atoms with Gasteiger partial charge in [0.2, 0.25) is 0 Å². The van der Waals surface area contributed by atoms with Crippen LogP contribution in [-0.4, -0.2) is 27.3 Å². The number of hydrogen-bond donors (Lipinski definition) is 1. The molecular weight excluding hydrogens is 272 g/mol. The van der Waals surface area contributed by atoms with Crippen LogP contribution in [0, 0.1) is 6.92 Å². The lowest BCUT2D eigenvalue weighted by atomic mass is 9.93. The summed E-state index contributed by atoms with van der Waals surface area (Å²) in [5.74, 6) is -1.51. The maximum Gasteiger partial charge on any atom is 0.312 e. The van der Waals surface area contributed by atoms with Crippen molar-refractivity contribution < 1.29 is 9.90 Å². The molecule has 0 radical (unpaired) electrons. The molecule has 0 fully saturated rings. The lowest BCUT2D eigenvalue weighted by molar-refractivity contribution is -0.138. The zero-order chi connectivity index (χ0) is 14.5. The number of carboxylic acids is 1. The Balaban J connectivity index is 2.32. The third-order valence-corrected chi connectivity index (χ3v) is 3.85. The van der Waals surface area contributed by atoms with Crippen LogP contribution in [0.5, 0.6) is 0 Å². The van der Waals surface area contributed by atoms with Crippen molar-refractivity contribution >= 4 is 17.7 Å². The Labute approximate surface area is 122 Å². The van der Waals surface area contributed by atoms with Gasteiger partial charge >= 0.3 is 5.97 Å². The Hall–Kier alpha value is -1.88. The van der Waals surface area contributed by atoms with Crippen molar-refractivity contribution in [1.29, 1.82) is 0 Å². The third-order valence-electron chi connectivity index (χ3n) is 3.21. The fourth-order valence-electron chi connectivity index (χ4n) is 2.03. The first-order valence-electron chi connectivity index (χ1n) is 6.25. The van der Waals surface area contributed by atoms with Crippen molar-refractivity contribution in [2.75, 3.05) is 6.26 Å². The number of aromatic nitrogens is 2. The number of benzene rings is 1. The van der Waals surface area contributed by atoms with Crippen LogP contribution in [0.2, 0.25) is 0 Å². The van der Waals surface area contributed by atoms with Gasteiger partial charge in [0.1, 0.15) is 12.2 Å². The van der Waals surface area contributed by atoms with E-state index in [4.69, 9.17) is 0 Å². The molecule has 1 aromatic heterocycles. The predicted molar refractivity (Wildman–Crippen MR) is 79.1 cm³/mol. The molecule has 5 heteroatoms. The van der Waals surface area contributed by atoms with E-state index in [0.29, 0.717) is 12.1 Å². The molecule has 104 valence electrons. The minimum atomic E-state index is -0.862. The molecule has 0 amide bonds. The van der Waals surface area contributed by atoms with Crippen LogP contribution in [0.25, 0.3) is 0 Å². The molecule has 20 heavy (non-hydrogen) atoms. The normalized spacial score (nSPS) is 12.1. The van der Waals surface area contributed by atoms with Gasteiger partial charge in [0.05, 0.1) is 10.7 Å².